The summed E-state index contributed by atoms with van der Waals surface area (Å²) in [5, 5.41) is 0.493. The maximum atomic E-state index is 13.1. The Kier molecular flexibility index (Phi) is 12.0. The number of carbonyl (C=O) groups is 1. The Morgan fingerprint density at radius 2 is 1.41 bits per heavy atom. The number of rotatable bonds is 13. The van der Waals surface area contributed by atoms with E-state index in [1.807, 2.05) is 36.1 Å². The van der Waals surface area contributed by atoms with Crippen molar-refractivity contribution in [3.05, 3.63) is 153 Å². The molecule has 2 heterocycles. The van der Waals surface area contributed by atoms with E-state index in [2.05, 4.69) is 84.4 Å². The van der Waals surface area contributed by atoms with Crippen LogP contribution in [0.2, 0.25) is 5.02 Å². The van der Waals surface area contributed by atoms with Crippen LogP contribution in [0.25, 0.3) is 6.08 Å². The average molecular weight is 702 g/mol. The Morgan fingerprint density at radius 3 is 2.10 bits per heavy atom. The average Bonchev–Trinajstić information content (AvgIpc) is 3.14. The van der Waals surface area contributed by atoms with E-state index in [9.17, 15) is 4.79 Å². The van der Waals surface area contributed by atoms with Gasteiger partial charge in [0.2, 0.25) is 11.8 Å². The molecule has 0 N–H and O–H groups in total. The highest BCUT2D eigenvalue weighted by Crippen LogP contribution is 2.31. The van der Waals surface area contributed by atoms with Crippen LogP contribution >= 0.6 is 11.6 Å². The number of amides is 1. The largest absolute Gasteiger partial charge is 0.493 e. The lowest BCUT2D eigenvalue weighted by Crippen LogP contribution is -2.47. The molecule has 0 radical (unpaired) electrons. The molecule has 1 amide bonds. The van der Waals surface area contributed by atoms with E-state index in [1.54, 1.807) is 30.5 Å². The Bertz CT molecular complexity index is 1920. The molecular formula is C43H44ClN3O4. The van der Waals surface area contributed by atoms with E-state index in [0.29, 0.717) is 48.7 Å². The van der Waals surface area contributed by atoms with E-state index in [-0.39, 0.29) is 5.91 Å². The SMILES string of the molecule is Cc1ccc(COc2ccc(Oc3cc(Cl)c(C=CC(=O)N4CCN(Cc5ccc(CCOc6ccc(C)cc6)cc5)CC4)cc3C)nc2)cc1. The summed E-state index contributed by atoms with van der Waals surface area (Å²) in [7, 11) is 0. The second-order valence-corrected chi connectivity index (χ2v) is 13.4. The van der Waals surface area contributed by atoms with E-state index in [4.69, 9.17) is 25.8 Å². The normalized spacial score (nSPS) is 13.4. The van der Waals surface area contributed by atoms with Gasteiger partial charge in [-0.05, 0) is 78.9 Å². The van der Waals surface area contributed by atoms with E-state index in [1.165, 1.54) is 22.3 Å². The van der Waals surface area contributed by atoms with E-state index < -0.39 is 0 Å². The number of piperazine rings is 1. The zero-order chi connectivity index (χ0) is 35.6. The zero-order valence-electron chi connectivity index (χ0n) is 29.5. The molecule has 8 heteroatoms. The van der Waals surface area contributed by atoms with Crippen LogP contribution in [0.1, 0.15) is 38.9 Å². The fourth-order valence-electron chi connectivity index (χ4n) is 5.78. The van der Waals surface area contributed by atoms with Gasteiger partial charge in [-0.2, -0.15) is 0 Å². The molecule has 1 aliphatic rings. The first-order valence-electron chi connectivity index (χ1n) is 17.4. The minimum absolute atomic E-state index is 0.0187. The van der Waals surface area contributed by atoms with Crippen LogP contribution in [-0.4, -0.2) is 53.5 Å². The summed E-state index contributed by atoms with van der Waals surface area (Å²) >= 11 is 6.62. The molecule has 4 aromatic carbocycles. The van der Waals surface area contributed by atoms with Gasteiger partial charge in [0.15, 0.2) is 0 Å². The van der Waals surface area contributed by atoms with Gasteiger partial charge in [0.1, 0.15) is 23.9 Å². The smallest absolute Gasteiger partial charge is 0.246 e. The maximum absolute atomic E-state index is 13.1. The van der Waals surface area contributed by atoms with Crippen molar-refractivity contribution in [2.24, 2.45) is 0 Å². The van der Waals surface area contributed by atoms with E-state index >= 15 is 0 Å². The molecule has 0 spiro atoms. The molecule has 0 unspecified atom stereocenters. The van der Waals surface area contributed by atoms with Crippen molar-refractivity contribution in [3.63, 3.8) is 0 Å². The van der Waals surface area contributed by atoms with Gasteiger partial charge < -0.3 is 19.1 Å². The molecule has 1 saturated heterocycles. The molecule has 0 saturated carbocycles. The van der Waals surface area contributed by atoms with Crippen LogP contribution in [0.5, 0.6) is 23.1 Å². The number of hydrogen-bond acceptors (Lipinski definition) is 6. The monoisotopic (exact) mass is 701 g/mol. The third-order valence-electron chi connectivity index (χ3n) is 8.94. The van der Waals surface area contributed by atoms with Crippen LogP contribution in [-0.2, 0) is 24.4 Å². The lowest BCUT2D eigenvalue weighted by molar-refractivity contribution is -0.127. The topological polar surface area (TPSA) is 64.1 Å². The number of halogens is 1. The molecule has 51 heavy (non-hydrogen) atoms. The summed E-state index contributed by atoms with van der Waals surface area (Å²) in [5.41, 5.74) is 7.70. The van der Waals surface area contributed by atoms with Crippen molar-refractivity contribution in [2.45, 2.75) is 40.3 Å². The number of ether oxygens (including phenoxy) is 3. The minimum Gasteiger partial charge on any atom is -0.493 e. The first-order valence-corrected chi connectivity index (χ1v) is 17.7. The summed E-state index contributed by atoms with van der Waals surface area (Å²) in [6, 6.07) is 32.4. The second kappa shape index (κ2) is 17.2. The minimum atomic E-state index is -0.0187. The number of aryl methyl sites for hydroxylation is 3. The number of benzene rings is 4. The standard InChI is InChI=1S/C43H44ClN3O4/c1-31-4-8-36(9-5-31)30-50-39-17-18-42(45-28-39)51-41-27-40(44)37(26-33(41)3)14-19-43(48)47-23-21-46(22-24-47)29-35-12-10-34(11-13-35)20-25-49-38-15-6-32(2)7-16-38/h4-19,26-28H,20-25,29-30H2,1-3H3. The fraction of sp³-hybridized carbons (Fsp3) is 0.256. The quantitative estimate of drug-likeness (QED) is 0.114. The van der Waals surface area contributed by atoms with Gasteiger partial charge in [0, 0.05) is 57.4 Å². The lowest BCUT2D eigenvalue weighted by Gasteiger charge is -2.34. The third-order valence-corrected chi connectivity index (χ3v) is 9.27. The van der Waals surface area contributed by atoms with Gasteiger partial charge in [-0.1, -0.05) is 83.4 Å². The van der Waals surface area contributed by atoms with Crippen molar-refractivity contribution in [2.75, 3.05) is 32.8 Å². The van der Waals surface area contributed by atoms with Gasteiger partial charge in [0.05, 0.1) is 17.8 Å². The zero-order valence-corrected chi connectivity index (χ0v) is 30.2. The van der Waals surface area contributed by atoms with Crippen LogP contribution in [0, 0.1) is 20.8 Å². The van der Waals surface area contributed by atoms with Crippen molar-refractivity contribution in [1.29, 1.82) is 0 Å². The molecule has 0 atom stereocenters. The van der Waals surface area contributed by atoms with E-state index in [0.717, 1.165) is 48.5 Å². The highest BCUT2D eigenvalue weighted by Gasteiger charge is 2.20. The Labute approximate surface area is 306 Å². The molecule has 5 aromatic rings. The van der Waals surface area contributed by atoms with Crippen molar-refractivity contribution < 1.29 is 19.0 Å². The number of hydrogen-bond donors (Lipinski definition) is 0. The summed E-state index contributed by atoms with van der Waals surface area (Å²) in [4.78, 5) is 21.7. The molecule has 0 bridgehead atoms. The van der Waals surface area contributed by atoms with Gasteiger partial charge in [-0.15, -0.1) is 0 Å². The Balaban J connectivity index is 0.932. The fourth-order valence-corrected chi connectivity index (χ4v) is 6.00. The Morgan fingerprint density at radius 1 is 0.765 bits per heavy atom. The molecule has 6 rings (SSSR count). The maximum Gasteiger partial charge on any atom is 0.246 e. The first kappa shape index (κ1) is 35.7. The first-order chi connectivity index (χ1) is 24.8. The molecule has 1 aromatic heterocycles. The molecule has 1 fully saturated rings. The van der Waals surface area contributed by atoms with Crippen molar-refractivity contribution >= 4 is 23.6 Å². The number of nitrogens with zero attached hydrogens (tertiary/aromatic N) is 3. The molecular weight excluding hydrogens is 658 g/mol. The molecule has 7 nitrogen and oxygen atoms in total. The van der Waals surface area contributed by atoms with Crippen LogP contribution < -0.4 is 14.2 Å². The van der Waals surface area contributed by atoms with Gasteiger partial charge >= 0.3 is 0 Å². The van der Waals surface area contributed by atoms with Crippen molar-refractivity contribution in [3.8, 4) is 23.1 Å². The number of carbonyl (C=O) groups excluding carboxylic acids is 1. The summed E-state index contributed by atoms with van der Waals surface area (Å²) < 4.78 is 17.8. The highest BCUT2D eigenvalue weighted by atomic mass is 35.5. The van der Waals surface area contributed by atoms with Crippen molar-refractivity contribution in [1.82, 2.24) is 14.8 Å². The van der Waals surface area contributed by atoms with Gasteiger partial charge in [-0.3, -0.25) is 9.69 Å². The molecule has 262 valence electrons. The van der Waals surface area contributed by atoms with Gasteiger partial charge in [0.25, 0.3) is 0 Å². The van der Waals surface area contributed by atoms with Crippen LogP contribution in [0.15, 0.2) is 109 Å². The van der Waals surface area contributed by atoms with Crippen LogP contribution in [0.4, 0.5) is 0 Å². The van der Waals surface area contributed by atoms with Crippen LogP contribution in [0.3, 0.4) is 0 Å². The lowest BCUT2D eigenvalue weighted by atomic mass is 10.1. The van der Waals surface area contributed by atoms with Gasteiger partial charge in [-0.25, -0.2) is 4.98 Å². The second-order valence-electron chi connectivity index (χ2n) is 13.0. The molecule has 0 aliphatic carbocycles. The predicted molar refractivity (Wildman–Crippen MR) is 204 cm³/mol. The Hall–Kier alpha value is -5.11. The summed E-state index contributed by atoms with van der Waals surface area (Å²) in [6.45, 7) is 11.1. The number of pyridine rings is 1. The third kappa shape index (κ3) is 10.5. The summed E-state index contributed by atoms with van der Waals surface area (Å²) in [5.74, 6) is 2.58. The number of aromatic nitrogens is 1. The highest BCUT2D eigenvalue weighted by molar-refractivity contribution is 6.32. The predicted octanol–water partition coefficient (Wildman–Crippen LogP) is 9.01. The summed E-state index contributed by atoms with van der Waals surface area (Å²) in [6.07, 6.45) is 5.89. The molecule has 1 aliphatic heterocycles.